The van der Waals surface area contributed by atoms with Gasteiger partial charge in [0, 0.05) is 38.9 Å². The lowest BCUT2D eigenvalue weighted by molar-refractivity contribution is -0.133. The molecule has 0 bridgehead atoms. The van der Waals surface area contributed by atoms with E-state index >= 15 is 0 Å². The number of morpholine rings is 1. The molecule has 7 nitrogen and oxygen atoms in total. The van der Waals surface area contributed by atoms with E-state index in [9.17, 15) is 14.0 Å². The highest BCUT2D eigenvalue weighted by Gasteiger charge is 2.36. The molecule has 2 saturated heterocycles. The van der Waals surface area contributed by atoms with Crippen LogP contribution in [-0.4, -0.2) is 78.6 Å². The molecule has 3 heterocycles. The van der Waals surface area contributed by atoms with Gasteiger partial charge in [-0.15, -0.1) is 0 Å². The number of aromatic nitrogens is 1. The van der Waals surface area contributed by atoms with Crippen LogP contribution in [0.4, 0.5) is 4.39 Å². The highest BCUT2D eigenvalue weighted by atomic mass is 19.1. The van der Waals surface area contributed by atoms with E-state index in [2.05, 4.69) is 15.2 Å². The van der Waals surface area contributed by atoms with Gasteiger partial charge < -0.3 is 15.0 Å². The molecule has 2 aliphatic heterocycles. The molecule has 0 spiro atoms. The number of likely N-dealkylation sites (tertiary alicyclic amines) is 1. The van der Waals surface area contributed by atoms with Crippen LogP contribution in [0.3, 0.4) is 0 Å². The zero-order valence-corrected chi connectivity index (χ0v) is 13.4. The van der Waals surface area contributed by atoms with Crippen LogP contribution in [-0.2, 0) is 9.53 Å². The van der Waals surface area contributed by atoms with Gasteiger partial charge in [0.2, 0.25) is 5.91 Å². The smallest absolute Gasteiger partial charge is 0.272 e. The van der Waals surface area contributed by atoms with Gasteiger partial charge in [0.25, 0.3) is 5.91 Å². The van der Waals surface area contributed by atoms with Crippen LogP contribution in [0.1, 0.15) is 16.9 Å². The summed E-state index contributed by atoms with van der Waals surface area (Å²) in [6.45, 7) is 4.25. The van der Waals surface area contributed by atoms with Crippen molar-refractivity contribution in [2.45, 2.75) is 12.5 Å². The molecule has 0 saturated carbocycles. The van der Waals surface area contributed by atoms with Crippen molar-refractivity contribution < 1.29 is 18.7 Å². The van der Waals surface area contributed by atoms with Crippen molar-refractivity contribution in [1.29, 1.82) is 0 Å². The second kappa shape index (κ2) is 7.67. The molecule has 2 aliphatic rings. The Bertz CT molecular complexity index is 607. The van der Waals surface area contributed by atoms with E-state index in [1.807, 2.05) is 0 Å². The molecule has 0 aliphatic carbocycles. The van der Waals surface area contributed by atoms with Crippen molar-refractivity contribution in [2.75, 3.05) is 45.9 Å². The third-order valence-electron chi connectivity index (χ3n) is 4.40. The van der Waals surface area contributed by atoms with Crippen molar-refractivity contribution in [3.05, 3.63) is 29.8 Å². The zero-order valence-electron chi connectivity index (χ0n) is 13.4. The molecule has 0 radical (unpaired) electrons. The Hall–Kier alpha value is -2.06. The number of nitrogens with one attached hydrogen (secondary N) is 1. The number of ether oxygens (including phenoxy) is 1. The van der Waals surface area contributed by atoms with Crippen molar-refractivity contribution in [3.8, 4) is 0 Å². The summed E-state index contributed by atoms with van der Waals surface area (Å²) in [5.74, 6) is -1.13. The molecule has 130 valence electrons. The maximum Gasteiger partial charge on any atom is 0.272 e. The summed E-state index contributed by atoms with van der Waals surface area (Å²) < 4.78 is 18.8. The minimum atomic E-state index is -0.653. The lowest BCUT2D eigenvalue weighted by atomic mass is 10.2. The lowest BCUT2D eigenvalue weighted by Crippen LogP contribution is -2.48. The lowest BCUT2D eigenvalue weighted by Gasteiger charge is -2.31. The first-order valence-corrected chi connectivity index (χ1v) is 8.16. The van der Waals surface area contributed by atoms with Gasteiger partial charge in [-0.1, -0.05) is 0 Å². The third kappa shape index (κ3) is 3.70. The van der Waals surface area contributed by atoms with E-state index < -0.39 is 11.7 Å². The van der Waals surface area contributed by atoms with Crippen molar-refractivity contribution >= 4 is 11.8 Å². The SMILES string of the molecule is O=C(NCCN1CCC(N2CCOCC2)C1=O)c1ncccc1F. The number of nitrogens with zero attached hydrogens (tertiary/aromatic N) is 3. The van der Waals surface area contributed by atoms with Gasteiger partial charge in [0.15, 0.2) is 11.5 Å². The molecule has 1 atom stereocenters. The van der Waals surface area contributed by atoms with Gasteiger partial charge in [0.1, 0.15) is 0 Å². The van der Waals surface area contributed by atoms with Crippen molar-refractivity contribution in [3.63, 3.8) is 0 Å². The Kier molecular flexibility index (Phi) is 5.37. The van der Waals surface area contributed by atoms with Gasteiger partial charge in [-0.3, -0.25) is 14.5 Å². The topological polar surface area (TPSA) is 74.8 Å². The third-order valence-corrected chi connectivity index (χ3v) is 4.40. The first-order chi connectivity index (χ1) is 11.7. The van der Waals surface area contributed by atoms with Crippen molar-refractivity contribution in [1.82, 2.24) is 20.1 Å². The number of pyridine rings is 1. The molecule has 24 heavy (non-hydrogen) atoms. The zero-order chi connectivity index (χ0) is 16.9. The summed E-state index contributed by atoms with van der Waals surface area (Å²) in [5.41, 5.74) is -0.226. The van der Waals surface area contributed by atoms with E-state index in [-0.39, 0.29) is 24.2 Å². The average Bonchev–Trinajstić information content (AvgIpc) is 2.97. The summed E-state index contributed by atoms with van der Waals surface area (Å²) in [4.78, 5) is 32.0. The number of halogens is 1. The second-order valence-electron chi connectivity index (χ2n) is 5.87. The molecular formula is C16H21FN4O3. The first-order valence-electron chi connectivity index (χ1n) is 8.16. The number of carbonyl (C=O) groups excluding carboxylic acids is 2. The maximum atomic E-state index is 13.5. The number of hydrogen-bond acceptors (Lipinski definition) is 5. The number of rotatable bonds is 5. The summed E-state index contributed by atoms with van der Waals surface area (Å²) >= 11 is 0. The Morgan fingerprint density at radius 3 is 2.92 bits per heavy atom. The number of carbonyl (C=O) groups is 2. The summed E-state index contributed by atoms with van der Waals surface area (Å²) in [6, 6.07) is 2.54. The highest BCUT2D eigenvalue weighted by Crippen LogP contribution is 2.18. The standard InChI is InChI=1S/C16H21FN4O3/c17-12-2-1-4-18-14(12)15(22)19-5-7-21-6-3-13(16(21)23)20-8-10-24-11-9-20/h1-2,4,13H,3,5-11H2,(H,19,22). The van der Waals surface area contributed by atoms with E-state index in [1.54, 1.807) is 4.90 Å². The van der Waals surface area contributed by atoms with Crippen LogP contribution in [0.2, 0.25) is 0 Å². The minimum Gasteiger partial charge on any atom is -0.379 e. The molecule has 2 fully saturated rings. The van der Waals surface area contributed by atoms with Crippen molar-refractivity contribution in [2.24, 2.45) is 0 Å². The average molecular weight is 336 g/mol. The fourth-order valence-electron chi connectivity index (χ4n) is 3.11. The number of hydrogen-bond donors (Lipinski definition) is 1. The number of amides is 2. The van der Waals surface area contributed by atoms with Crippen LogP contribution in [0.5, 0.6) is 0 Å². The van der Waals surface area contributed by atoms with E-state index in [0.717, 1.165) is 19.5 Å². The molecule has 1 aromatic rings. The summed E-state index contributed by atoms with van der Waals surface area (Å²) in [6.07, 6.45) is 2.16. The van der Waals surface area contributed by atoms with Crippen LogP contribution >= 0.6 is 0 Å². The van der Waals surface area contributed by atoms with Gasteiger partial charge in [-0.2, -0.15) is 0 Å². The maximum absolute atomic E-state index is 13.5. The van der Waals surface area contributed by atoms with E-state index in [4.69, 9.17) is 4.74 Å². The van der Waals surface area contributed by atoms with Crippen LogP contribution in [0.25, 0.3) is 0 Å². The monoisotopic (exact) mass is 336 g/mol. The molecule has 8 heteroatoms. The predicted octanol–water partition coefficient (Wildman–Crippen LogP) is -0.116. The van der Waals surface area contributed by atoms with Gasteiger partial charge in [-0.05, 0) is 18.6 Å². The predicted molar refractivity (Wildman–Crippen MR) is 83.9 cm³/mol. The Morgan fingerprint density at radius 1 is 1.38 bits per heavy atom. The molecular weight excluding hydrogens is 315 g/mol. The van der Waals surface area contributed by atoms with Crippen LogP contribution in [0.15, 0.2) is 18.3 Å². The quantitative estimate of drug-likeness (QED) is 0.812. The second-order valence-corrected chi connectivity index (χ2v) is 5.87. The highest BCUT2D eigenvalue weighted by molar-refractivity contribution is 5.92. The fraction of sp³-hybridized carbons (Fsp3) is 0.562. The largest absolute Gasteiger partial charge is 0.379 e. The van der Waals surface area contributed by atoms with Gasteiger partial charge in [-0.25, -0.2) is 9.37 Å². The first kappa shape index (κ1) is 16.8. The van der Waals surface area contributed by atoms with Gasteiger partial charge in [0.05, 0.1) is 19.3 Å². The summed E-state index contributed by atoms with van der Waals surface area (Å²) in [5, 5.41) is 2.61. The minimum absolute atomic E-state index is 0.0853. The van der Waals surface area contributed by atoms with Crippen LogP contribution < -0.4 is 5.32 Å². The Labute approximate surface area is 139 Å². The molecule has 3 rings (SSSR count). The Balaban J connectivity index is 1.46. The van der Waals surface area contributed by atoms with Crippen LogP contribution in [0, 0.1) is 5.82 Å². The molecule has 0 aromatic carbocycles. The van der Waals surface area contributed by atoms with Gasteiger partial charge >= 0.3 is 0 Å². The molecule has 1 N–H and O–H groups in total. The fourth-order valence-corrected chi connectivity index (χ4v) is 3.11. The summed E-state index contributed by atoms with van der Waals surface area (Å²) in [7, 11) is 0. The molecule has 1 unspecified atom stereocenters. The van der Waals surface area contributed by atoms with E-state index in [0.29, 0.717) is 26.3 Å². The van der Waals surface area contributed by atoms with E-state index in [1.165, 1.54) is 18.3 Å². The molecule has 2 amide bonds. The molecule has 1 aromatic heterocycles. The Morgan fingerprint density at radius 2 is 2.17 bits per heavy atom. The normalized spacial score (nSPS) is 22.0.